The second-order valence-corrected chi connectivity index (χ2v) is 6.07. The number of amides is 1. The predicted molar refractivity (Wildman–Crippen MR) is 92.1 cm³/mol. The highest BCUT2D eigenvalue weighted by Crippen LogP contribution is 2.38. The van der Waals surface area contributed by atoms with E-state index in [4.69, 9.17) is 5.73 Å². The number of hydrogen-bond donors (Lipinski definition) is 2. The van der Waals surface area contributed by atoms with E-state index in [0.717, 1.165) is 28.4 Å². The number of nitrogens with one attached hydrogen (secondary N) is 1. The molecule has 2 aliphatic rings. The number of anilines is 1. The average molecular weight is 342 g/mol. The van der Waals surface area contributed by atoms with Gasteiger partial charge in [-0.1, -0.05) is 6.07 Å². The topological polar surface area (TPSA) is 83.1 Å². The second kappa shape index (κ2) is 7.32. The molecule has 6 nitrogen and oxygen atoms in total. The summed E-state index contributed by atoms with van der Waals surface area (Å²) >= 11 is 1.15. The minimum Gasteiger partial charge on any atom is -0.329 e. The van der Waals surface area contributed by atoms with Crippen LogP contribution in [0.1, 0.15) is 12.8 Å². The van der Waals surface area contributed by atoms with Crippen molar-refractivity contribution in [2.24, 2.45) is 20.4 Å². The summed E-state index contributed by atoms with van der Waals surface area (Å²) in [6.07, 6.45) is 2.44. The van der Waals surface area contributed by atoms with Gasteiger partial charge >= 0.3 is 0 Å². The molecule has 1 saturated carbocycles. The van der Waals surface area contributed by atoms with Crippen LogP contribution in [-0.2, 0) is 16.1 Å². The van der Waals surface area contributed by atoms with E-state index in [-0.39, 0.29) is 18.3 Å². The largest absolute Gasteiger partial charge is 0.329 e. The molecule has 0 radical (unpaired) electrons. The van der Waals surface area contributed by atoms with E-state index in [1.165, 1.54) is 12.8 Å². The lowest BCUT2D eigenvalue weighted by Gasteiger charge is -2.26. The number of benzene rings is 1. The maximum atomic E-state index is 12.2. The fourth-order valence-electron chi connectivity index (χ4n) is 2.65. The fourth-order valence-corrected chi connectivity index (χ4v) is 3.20. The van der Waals surface area contributed by atoms with E-state index in [1.807, 2.05) is 30.1 Å². The summed E-state index contributed by atoms with van der Waals surface area (Å²) in [7, 11) is 1.96. The van der Waals surface area contributed by atoms with Gasteiger partial charge in [0.25, 0.3) is 0 Å². The summed E-state index contributed by atoms with van der Waals surface area (Å²) in [5, 5.41) is 2.92. The van der Waals surface area contributed by atoms with Gasteiger partial charge in [-0.3, -0.25) is 9.69 Å². The van der Waals surface area contributed by atoms with Gasteiger partial charge in [0.2, 0.25) is 5.91 Å². The highest BCUT2D eigenvalue weighted by Gasteiger charge is 2.33. The molecule has 1 atom stereocenters. The molecule has 120 valence electrons. The summed E-state index contributed by atoms with van der Waals surface area (Å²) in [4.78, 5) is 14.3. The van der Waals surface area contributed by atoms with Gasteiger partial charge in [-0.15, -0.1) is 12.4 Å². The van der Waals surface area contributed by atoms with Crippen molar-refractivity contribution in [1.82, 2.24) is 4.90 Å². The van der Waals surface area contributed by atoms with Crippen LogP contribution in [0.25, 0.3) is 0 Å². The number of nitrogens with two attached hydrogens (primary N) is 1. The lowest BCUT2D eigenvalue weighted by Crippen LogP contribution is -2.43. The number of carbonyl (C=O) groups is 1. The van der Waals surface area contributed by atoms with E-state index >= 15 is 0 Å². The highest BCUT2D eigenvalue weighted by molar-refractivity contribution is 7.58. The van der Waals surface area contributed by atoms with Crippen LogP contribution in [0.5, 0.6) is 0 Å². The maximum absolute atomic E-state index is 12.2. The van der Waals surface area contributed by atoms with Crippen LogP contribution in [0.15, 0.2) is 26.9 Å². The Labute approximate surface area is 139 Å². The first kappa shape index (κ1) is 17.1. The lowest BCUT2D eigenvalue weighted by molar-refractivity contribution is -0.117. The number of rotatable bonds is 6. The Hall–Kier alpha value is -1.28. The van der Waals surface area contributed by atoms with Gasteiger partial charge in [0.05, 0.1) is 23.6 Å². The molecule has 3 N–H and O–H groups in total. The van der Waals surface area contributed by atoms with E-state index < -0.39 is 0 Å². The first-order valence-electron chi connectivity index (χ1n) is 7.10. The Morgan fingerprint density at radius 2 is 2.27 bits per heavy atom. The third kappa shape index (κ3) is 3.73. The molecule has 1 aromatic rings. The van der Waals surface area contributed by atoms with Crippen LogP contribution in [0.3, 0.4) is 0 Å². The number of carbonyl (C=O) groups excluding carboxylic acids is 1. The zero-order valence-electron chi connectivity index (χ0n) is 12.4. The molecular formula is C14H20ClN5OS. The molecule has 1 aliphatic carbocycles. The summed E-state index contributed by atoms with van der Waals surface area (Å²) in [5.74, 6) is 0.607. The molecule has 0 spiro atoms. The number of hydrogen-bond acceptors (Lipinski definition) is 5. The number of likely N-dealkylation sites (N-methyl/N-ethyl adjacent to an activating group) is 1. The van der Waals surface area contributed by atoms with Crippen molar-refractivity contribution in [2.45, 2.75) is 18.9 Å². The van der Waals surface area contributed by atoms with Crippen molar-refractivity contribution in [3.63, 3.8) is 0 Å². The first-order valence-corrected chi connectivity index (χ1v) is 7.83. The van der Waals surface area contributed by atoms with Crippen LogP contribution in [0.4, 0.5) is 17.1 Å². The molecule has 1 unspecified atom stereocenters. The molecule has 8 heteroatoms. The van der Waals surface area contributed by atoms with Gasteiger partial charge in [0.15, 0.2) is 0 Å². The van der Waals surface area contributed by atoms with Crippen molar-refractivity contribution in [3.05, 3.63) is 18.2 Å². The average Bonchev–Trinajstić information content (AvgIpc) is 3.16. The predicted octanol–water partition coefficient (Wildman–Crippen LogP) is 2.44. The van der Waals surface area contributed by atoms with E-state index in [2.05, 4.69) is 14.0 Å². The molecule has 1 aliphatic heterocycles. The molecule has 0 bridgehead atoms. The second-order valence-electron chi connectivity index (χ2n) is 5.54. The third-order valence-electron chi connectivity index (χ3n) is 3.93. The molecule has 0 aromatic heterocycles. The number of halogens is 1. The van der Waals surface area contributed by atoms with Crippen LogP contribution in [0, 0.1) is 5.92 Å². The first-order chi connectivity index (χ1) is 10.2. The molecule has 1 amide bonds. The van der Waals surface area contributed by atoms with Gasteiger partial charge in [0.1, 0.15) is 11.4 Å². The summed E-state index contributed by atoms with van der Waals surface area (Å²) in [6.45, 7) is 0.937. The summed E-state index contributed by atoms with van der Waals surface area (Å²) in [5.41, 5.74) is 8.09. The molecule has 22 heavy (non-hydrogen) atoms. The Kier molecular flexibility index (Phi) is 5.69. The van der Waals surface area contributed by atoms with Gasteiger partial charge in [-0.2, -0.15) is 8.73 Å². The highest BCUT2D eigenvalue weighted by atomic mass is 35.5. The zero-order chi connectivity index (χ0) is 14.8. The Morgan fingerprint density at radius 3 is 2.95 bits per heavy atom. The molecule has 1 heterocycles. The van der Waals surface area contributed by atoms with E-state index in [9.17, 15) is 4.79 Å². The smallest absolute Gasteiger partial charge is 0.238 e. The lowest BCUT2D eigenvalue weighted by atomic mass is 10.1. The molecule has 3 rings (SSSR count). The minimum atomic E-state index is -0.0444. The van der Waals surface area contributed by atoms with Gasteiger partial charge in [0, 0.05) is 12.6 Å². The van der Waals surface area contributed by atoms with Crippen molar-refractivity contribution in [2.75, 3.05) is 25.5 Å². The van der Waals surface area contributed by atoms with Gasteiger partial charge in [-0.25, -0.2) is 0 Å². The van der Waals surface area contributed by atoms with Crippen molar-refractivity contribution in [3.8, 4) is 0 Å². The maximum Gasteiger partial charge on any atom is 0.238 e. The SMILES string of the molecule is CN(CC(=O)Nc1cccc2c1N=S=N2)C(CN)C1CC1.Cl. The minimum absolute atomic E-state index is 0. The fraction of sp³-hybridized carbons (Fsp3) is 0.500. The number of fused-ring (bicyclic) bond motifs is 1. The van der Waals surface area contributed by atoms with Crippen LogP contribution in [0.2, 0.25) is 0 Å². The van der Waals surface area contributed by atoms with Crippen molar-refractivity contribution in [1.29, 1.82) is 0 Å². The molecular weight excluding hydrogens is 322 g/mol. The summed E-state index contributed by atoms with van der Waals surface area (Å²) in [6, 6.07) is 5.91. The van der Waals surface area contributed by atoms with Crippen molar-refractivity contribution < 1.29 is 4.79 Å². The molecule has 1 aromatic carbocycles. The summed E-state index contributed by atoms with van der Waals surface area (Å²) < 4.78 is 8.40. The van der Waals surface area contributed by atoms with Gasteiger partial charge < -0.3 is 11.1 Å². The molecule has 1 fully saturated rings. The van der Waals surface area contributed by atoms with Crippen LogP contribution >= 0.6 is 12.4 Å². The quantitative estimate of drug-likeness (QED) is 0.846. The normalized spacial score (nSPS) is 16.7. The third-order valence-corrected chi connectivity index (χ3v) is 4.47. The number of nitrogens with zero attached hydrogens (tertiary/aromatic N) is 3. The van der Waals surface area contributed by atoms with E-state index in [1.54, 1.807) is 0 Å². The van der Waals surface area contributed by atoms with E-state index in [0.29, 0.717) is 25.0 Å². The Balaban J connectivity index is 0.00000176. The monoisotopic (exact) mass is 341 g/mol. The molecule has 0 saturated heterocycles. The van der Waals surface area contributed by atoms with Gasteiger partial charge in [-0.05, 0) is 37.9 Å². The standard InChI is InChI=1S/C14H19N5OS.ClH/c1-19(12(7-15)9-5-6-9)8-13(20)16-10-3-2-4-11-14(10)18-21-17-11;/h2-4,9,12H,5-8,15H2,1H3,(H,16,20);1H. The zero-order valence-corrected chi connectivity index (χ0v) is 14.0. The Bertz CT molecular complexity index is 628. The Morgan fingerprint density at radius 1 is 1.50 bits per heavy atom. The van der Waals surface area contributed by atoms with Crippen molar-refractivity contribution >= 4 is 46.7 Å². The van der Waals surface area contributed by atoms with Crippen LogP contribution in [-0.4, -0.2) is 37.0 Å². The van der Waals surface area contributed by atoms with Crippen LogP contribution < -0.4 is 11.1 Å².